The molecule has 0 aromatic carbocycles. The maximum atomic E-state index is 12.3. The minimum absolute atomic E-state index is 0.000998. The molecule has 8 N–H and O–H groups in total. The van der Waals surface area contributed by atoms with Gasteiger partial charge in [-0.25, -0.2) is 0 Å². The summed E-state index contributed by atoms with van der Waals surface area (Å²) in [7, 11) is 1.26. The summed E-state index contributed by atoms with van der Waals surface area (Å²) in [6.07, 6.45) is -8.26. The van der Waals surface area contributed by atoms with Gasteiger partial charge in [-0.1, -0.05) is 0 Å². The first kappa shape index (κ1) is 26.4. The number of aliphatic hydroxyl groups excluding tert-OH is 5. The lowest BCUT2D eigenvalue weighted by Gasteiger charge is -2.40. The molecule has 1 fully saturated rings. The molecule has 0 radical (unpaired) electrons. The number of aliphatic hydroxyl groups is 6. The largest absolute Gasteiger partial charge is 0.491 e. The van der Waals surface area contributed by atoms with Gasteiger partial charge in [0.2, 0.25) is 5.78 Å². The third-order valence-corrected chi connectivity index (χ3v) is 5.42. The Balaban J connectivity index is 2.15. The maximum absolute atomic E-state index is 12.3. The van der Waals surface area contributed by atoms with Gasteiger partial charge in [0.1, 0.15) is 30.0 Å². The van der Waals surface area contributed by atoms with Crippen LogP contribution in [-0.2, 0) is 23.8 Å². The normalized spacial score (nSPS) is 34.3. The zero-order chi connectivity index (χ0) is 24.1. The van der Waals surface area contributed by atoms with Gasteiger partial charge in [-0.15, -0.1) is 0 Å². The molecule has 0 bridgehead atoms. The molecule has 32 heavy (non-hydrogen) atoms. The van der Waals surface area contributed by atoms with Crippen molar-refractivity contribution in [3.05, 3.63) is 11.5 Å². The molecule has 1 heterocycles. The van der Waals surface area contributed by atoms with Crippen LogP contribution in [0.1, 0.15) is 25.7 Å². The molecule has 0 spiro atoms. The van der Waals surface area contributed by atoms with Crippen LogP contribution in [0.4, 0.5) is 0 Å². The molecule has 1 aliphatic heterocycles. The Labute approximate surface area is 183 Å². The molecule has 0 aromatic heterocycles. The first-order chi connectivity index (χ1) is 15.0. The van der Waals surface area contributed by atoms with Crippen molar-refractivity contribution in [2.24, 2.45) is 0 Å². The van der Waals surface area contributed by atoms with Crippen LogP contribution in [0.15, 0.2) is 11.5 Å². The Morgan fingerprint density at radius 1 is 1.22 bits per heavy atom. The van der Waals surface area contributed by atoms with E-state index >= 15 is 0 Å². The Hall–Kier alpha value is -1.84. The standard InChI is InChI=1S/C19H31NO12/c1-30-17-10(4-19(29,8-22)5-11(17)23)20-9(2-3-13(24)25)7-31-18-16(28)15(27)14(26)12(6-21)32-18/h9,12,14-16,18,20-22,26-29H,2-8H2,1H3,(H,24,25)/t9-,12-,14-,15+,16-,18-,19-/m1/s1. The zero-order valence-corrected chi connectivity index (χ0v) is 17.6. The number of aliphatic carboxylic acids is 1. The Morgan fingerprint density at radius 3 is 2.47 bits per heavy atom. The number of hydrogen-bond donors (Lipinski definition) is 8. The summed E-state index contributed by atoms with van der Waals surface area (Å²) in [4.78, 5) is 23.3. The van der Waals surface area contributed by atoms with E-state index in [9.17, 15) is 40.2 Å². The molecule has 13 nitrogen and oxygen atoms in total. The summed E-state index contributed by atoms with van der Waals surface area (Å²) in [5.74, 6) is -1.72. The van der Waals surface area contributed by atoms with Crippen LogP contribution in [0.5, 0.6) is 0 Å². The first-order valence-corrected chi connectivity index (χ1v) is 10.1. The van der Waals surface area contributed by atoms with Crippen molar-refractivity contribution in [3.63, 3.8) is 0 Å². The summed E-state index contributed by atoms with van der Waals surface area (Å²) in [5.41, 5.74) is -1.57. The van der Waals surface area contributed by atoms with E-state index in [4.69, 9.17) is 19.3 Å². The molecule has 1 aliphatic carbocycles. The third kappa shape index (κ3) is 6.36. The third-order valence-electron chi connectivity index (χ3n) is 5.42. The highest BCUT2D eigenvalue weighted by Gasteiger charge is 2.44. The van der Waals surface area contributed by atoms with E-state index < -0.39 is 67.3 Å². The van der Waals surface area contributed by atoms with Crippen molar-refractivity contribution in [3.8, 4) is 0 Å². The fourth-order valence-corrected chi connectivity index (χ4v) is 3.64. The van der Waals surface area contributed by atoms with Gasteiger partial charge in [-0.05, 0) is 6.42 Å². The van der Waals surface area contributed by atoms with Gasteiger partial charge < -0.3 is 55.3 Å². The highest BCUT2D eigenvalue weighted by atomic mass is 16.7. The van der Waals surface area contributed by atoms with Gasteiger partial charge in [-0.2, -0.15) is 0 Å². The quantitative estimate of drug-likeness (QED) is 0.149. The molecule has 0 amide bonds. The van der Waals surface area contributed by atoms with E-state index in [2.05, 4.69) is 5.32 Å². The van der Waals surface area contributed by atoms with E-state index in [-0.39, 0.29) is 43.7 Å². The van der Waals surface area contributed by atoms with Crippen LogP contribution in [0.25, 0.3) is 0 Å². The number of nitrogens with one attached hydrogen (secondary N) is 1. The minimum Gasteiger partial charge on any atom is -0.491 e. The summed E-state index contributed by atoms with van der Waals surface area (Å²) in [5, 5.41) is 70.9. The highest BCUT2D eigenvalue weighted by molar-refractivity contribution is 5.95. The van der Waals surface area contributed by atoms with Crippen LogP contribution in [0.3, 0.4) is 0 Å². The van der Waals surface area contributed by atoms with Gasteiger partial charge >= 0.3 is 5.97 Å². The second-order valence-corrected chi connectivity index (χ2v) is 7.98. The van der Waals surface area contributed by atoms with E-state index in [1.807, 2.05) is 0 Å². The summed E-state index contributed by atoms with van der Waals surface area (Å²) < 4.78 is 15.9. The van der Waals surface area contributed by atoms with Gasteiger partial charge in [0.05, 0.1) is 38.7 Å². The number of carboxylic acid groups (broad SMARTS) is 1. The molecule has 0 saturated carbocycles. The molecular weight excluding hydrogens is 434 g/mol. The van der Waals surface area contributed by atoms with Gasteiger partial charge in [0.25, 0.3) is 0 Å². The number of hydrogen-bond acceptors (Lipinski definition) is 12. The van der Waals surface area contributed by atoms with Crippen molar-refractivity contribution in [2.75, 3.05) is 26.9 Å². The number of rotatable bonds is 11. The lowest BCUT2D eigenvalue weighted by molar-refractivity contribution is -0.302. The number of carbonyl (C=O) groups is 2. The van der Waals surface area contributed by atoms with Crippen molar-refractivity contribution < 1.29 is 59.5 Å². The number of carboxylic acids is 1. The van der Waals surface area contributed by atoms with Crippen molar-refractivity contribution in [1.82, 2.24) is 5.32 Å². The summed E-state index contributed by atoms with van der Waals surface area (Å²) in [6, 6.07) is -0.771. The molecular formula is C19H31NO12. The second-order valence-electron chi connectivity index (χ2n) is 7.98. The zero-order valence-electron chi connectivity index (χ0n) is 17.6. The number of methoxy groups -OCH3 is 1. The van der Waals surface area contributed by atoms with E-state index in [1.165, 1.54) is 7.11 Å². The molecule has 2 aliphatic rings. The SMILES string of the molecule is COC1=C(N[C@H](CCC(=O)O)CO[C@@H]2O[C@H](CO)[C@@H](O)[C@H](O)[C@H]2O)C[C@](O)(CO)CC1=O. The molecule has 0 unspecified atom stereocenters. The molecule has 184 valence electrons. The van der Waals surface area contributed by atoms with Crippen LogP contribution in [0, 0.1) is 0 Å². The van der Waals surface area contributed by atoms with Gasteiger partial charge in [0.15, 0.2) is 12.0 Å². The highest BCUT2D eigenvalue weighted by Crippen LogP contribution is 2.30. The number of ether oxygens (including phenoxy) is 3. The number of ketones is 1. The Bertz CT molecular complexity index is 698. The van der Waals surface area contributed by atoms with Crippen LogP contribution < -0.4 is 5.32 Å². The Morgan fingerprint density at radius 2 is 1.91 bits per heavy atom. The van der Waals surface area contributed by atoms with Crippen LogP contribution in [0.2, 0.25) is 0 Å². The fourth-order valence-electron chi connectivity index (χ4n) is 3.64. The monoisotopic (exact) mass is 465 g/mol. The van der Waals surface area contributed by atoms with E-state index in [0.29, 0.717) is 0 Å². The fraction of sp³-hybridized carbons (Fsp3) is 0.789. The topological polar surface area (TPSA) is 215 Å². The number of Topliss-reactive ketones (excluding diaryl/α,β-unsaturated/α-hetero) is 1. The van der Waals surface area contributed by atoms with Crippen molar-refractivity contribution in [2.45, 2.75) is 68.0 Å². The minimum atomic E-state index is -1.71. The van der Waals surface area contributed by atoms with Crippen molar-refractivity contribution >= 4 is 11.8 Å². The molecule has 1 saturated heterocycles. The van der Waals surface area contributed by atoms with Gasteiger partial charge in [0, 0.05) is 19.3 Å². The average Bonchev–Trinajstić information content (AvgIpc) is 2.74. The van der Waals surface area contributed by atoms with Gasteiger partial charge in [-0.3, -0.25) is 9.59 Å². The molecule has 0 aromatic rings. The average molecular weight is 465 g/mol. The van der Waals surface area contributed by atoms with Crippen LogP contribution in [-0.4, -0.2) is 117 Å². The number of carbonyl (C=O) groups excluding carboxylic acids is 1. The predicted octanol–water partition coefficient (Wildman–Crippen LogP) is -3.43. The maximum Gasteiger partial charge on any atom is 0.303 e. The van der Waals surface area contributed by atoms with E-state index in [1.54, 1.807) is 0 Å². The van der Waals surface area contributed by atoms with E-state index in [0.717, 1.165) is 0 Å². The number of allylic oxidation sites excluding steroid dienone is 1. The lowest BCUT2D eigenvalue weighted by atomic mass is 9.86. The summed E-state index contributed by atoms with van der Waals surface area (Å²) >= 11 is 0. The van der Waals surface area contributed by atoms with Crippen LogP contribution >= 0.6 is 0 Å². The van der Waals surface area contributed by atoms with Crippen molar-refractivity contribution in [1.29, 1.82) is 0 Å². The molecule has 13 heteroatoms. The molecule has 2 rings (SSSR count). The molecule has 7 atom stereocenters. The Kier molecular flexibility index (Phi) is 9.36. The lowest BCUT2D eigenvalue weighted by Crippen LogP contribution is -2.59. The first-order valence-electron chi connectivity index (χ1n) is 10.1. The smallest absolute Gasteiger partial charge is 0.303 e. The summed E-state index contributed by atoms with van der Waals surface area (Å²) in [6.45, 7) is -1.60. The predicted molar refractivity (Wildman–Crippen MR) is 104 cm³/mol. The second kappa shape index (κ2) is 11.3.